The zero-order valence-electron chi connectivity index (χ0n) is 10.6. The number of thioether (sulfide) groups is 1. The van der Waals surface area contributed by atoms with Gasteiger partial charge in [0.1, 0.15) is 5.78 Å². The molecule has 0 aromatic heterocycles. The lowest BCUT2D eigenvalue weighted by Crippen LogP contribution is -2.06. The van der Waals surface area contributed by atoms with E-state index in [2.05, 4.69) is 15.9 Å². The standard InChI is InChI=1S/C13H10BrF3O3S/c1-7(18)12(14)9-3-2-4-10(21-13(15,16)17)8(9)5-6-11(19)20/h2-6,12H,1H3,(H,19,20). The zero-order chi connectivity index (χ0) is 16.2. The summed E-state index contributed by atoms with van der Waals surface area (Å²) in [5.74, 6) is -1.59. The number of ketones is 1. The van der Waals surface area contributed by atoms with Crippen molar-refractivity contribution in [3.8, 4) is 0 Å². The molecule has 1 atom stereocenters. The monoisotopic (exact) mass is 382 g/mol. The molecule has 8 heteroatoms. The largest absolute Gasteiger partial charge is 0.478 e. The van der Waals surface area contributed by atoms with E-state index in [-0.39, 0.29) is 33.6 Å². The van der Waals surface area contributed by atoms with Crippen LogP contribution in [0, 0.1) is 0 Å². The summed E-state index contributed by atoms with van der Waals surface area (Å²) >= 11 is 2.75. The molecule has 0 amide bonds. The first-order valence-electron chi connectivity index (χ1n) is 5.56. The Kier molecular flexibility index (Phi) is 6.03. The van der Waals surface area contributed by atoms with Crippen LogP contribution in [0.5, 0.6) is 0 Å². The first-order valence-corrected chi connectivity index (χ1v) is 7.29. The Bertz CT molecular complexity index is 585. The van der Waals surface area contributed by atoms with Gasteiger partial charge in [-0.2, -0.15) is 13.2 Å². The number of alkyl halides is 4. The third-order valence-electron chi connectivity index (χ3n) is 2.35. The molecule has 1 unspecified atom stereocenters. The van der Waals surface area contributed by atoms with Crippen molar-refractivity contribution in [1.82, 2.24) is 0 Å². The quantitative estimate of drug-likeness (QED) is 0.465. The van der Waals surface area contributed by atoms with Crippen LogP contribution in [0.1, 0.15) is 22.9 Å². The number of carbonyl (C=O) groups is 2. The average molecular weight is 383 g/mol. The molecule has 1 rings (SSSR count). The van der Waals surface area contributed by atoms with E-state index in [0.29, 0.717) is 0 Å². The number of Topliss-reactive ketones (excluding diaryl/α,β-unsaturated/α-hetero) is 1. The molecule has 0 saturated carbocycles. The van der Waals surface area contributed by atoms with Crippen molar-refractivity contribution >= 4 is 45.5 Å². The normalized spacial score (nSPS) is 13.4. The van der Waals surface area contributed by atoms with Crippen molar-refractivity contribution in [2.45, 2.75) is 22.2 Å². The molecular formula is C13H10BrF3O3S. The number of benzene rings is 1. The van der Waals surface area contributed by atoms with Crippen molar-refractivity contribution in [3.05, 3.63) is 35.4 Å². The van der Waals surface area contributed by atoms with Gasteiger partial charge in [0, 0.05) is 11.0 Å². The maximum absolute atomic E-state index is 12.6. The molecule has 1 aromatic carbocycles. The van der Waals surface area contributed by atoms with Crippen molar-refractivity contribution in [2.75, 3.05) is 0 Å². The van der Waals surface area contributed by atoms with Crippen LogP contribution in [0.4, 0.5) is 13.2 Å². The van der Waals surface area contributed by atoms with Crippen molar-refractivity contribution in [3.63, 3.8) is 0 Å². The van der Waals surface area contributed by atoms with Gasteiger partial charge in [0.2, 0.25) is 0 Å². The molecule has 0 bridgehead atoms. The molecule has 0 spiro atoms. The first-order chi connectivity index (χ1) is 9.61. The van der Waals surface area contributed by atoms with Gasteiger partial charge in [0.25, 0.3) is 0 Å². The Morgan fingerprint density at radius 1 is 1.38 bits per heavy atom. The molecule has 0 saturated heterocycles. The first kappa shape index (κ1) is 17.8. The lowest BCUT2D eigenvalue weighted by Gasteiger charge is -2.15. The van der Waals surface area contributed by atoms with Crippen molar-refractivity contribution < 1.29 is 27.9 Å². The highest BCUT2D eigenvalue weighted by Gasteiger charge is 2.31. The number of aliphatic carboxylic acids is 1. The van der Waals surface area contributed by atoms with Gasteiger partial charge in [0.15, 0.2) is 0 Å². The van der Waals surface area contributed by atoms with Gasteiger partial charge >= 0.3 is 11.5 Å². The summed E-state index contributed by atoms with van der Waals surface area (Å²) in [5, 5.41) is 8.64. The highest BCUT2D eigenvalue weighted by molar-refractivity contribution is 9.09. The van der Waals surface area contributed by atoms with Gasteiger partial charge in [-0.25, -0.2) is 4.79 Å². The van der Waals surface area contributed by atoms with Crippen LogP contribution >= 0.6 is 27.7 Å². The minimum atomic E-state index is -4.51. The summed E-state index contributed by atoms with van der Waals surface area (Å²) in [6.45, 7) is 1.29. The molecule has 1 N–H and O–H groups in total. The van der Waals surface area contributed by atoms with Crippen LogP contribution in [0.3, 0.4) is 0 Å². The number of carbonyl (C=O) groups excluding carboxylic acids is 1. The minimum Gasteiger partial charge on any atom is -0.478 e. The fourth-order valence-electron chi connectivity index (χ4n) is 1.55. The average Bonchev–Trinajstić information content (AvgIpc) is 2.33. The summed E-state index contributed by atoms with van der Waals surface area (Å²) in [7, 11) is 0. The molecule has 0 aliphatic rings. The molecule has 0 aliphatic carbocycles. The van der Waals surface area contributed by atoms with Gasteiger partial charge in [-0.1, -0.05) is 28.1 Å². The van der Waals surface area contributed by atoms with Gasteiger partial charge in [-0.05, 0) is 42.0 Å². The SMILES string of the molecule is CC(=O)C(Br)c1cccc(SC(F)(F)F)c1C=CC(=O)O. The van der Waals surface area contributed by atoms with E-state index in [1.165, 1.54) is 25.1 Å². The lowest BCUT2D eigenvalue weighted by atomic mass is 10.0. The van der Waals surface area contributed by atoms with Crippen LogP contribution in [0.2, 0.25) is 0 Å². The number of carboxylic acid groups (broad SMARTS) is 1. The second-order valence-electron chi connectivity index (χ2n) is 3.95. The molecule has 3 nitrogen and oxygen atoms in total. The van der Waals surface area contributed by atoms with Gasteiger partial charge in [0.05, 0.1) is 4.83 Å². The predicted octanol–water partition coefficient (Wildman–Crippen LogP) is 4.42. The van der Waals surface area contributed by atoms with E-state index in [1.54, 1.807) is 0 Å². The molecule has 0 fully saturated rings. The van der Waals surface area contributed by atoms with Crippen LogP contribution in [-0.2, 0) is 9.59 Å². The summed E-state index contributed by atoms with van der Waals surface area (Å²) < 4.78 is 37.7. The topological polar surface area (TPSA) is 54.4 Å². The minimum absolute atomic E-state index is 0.0549. The van der Waals surface area contributed by atoms with E-state index in [4.69, 9.17) is 5.11 Å². The number of halogens is 4. The Hall–Kier alpha value is -1.28. The lowest BCUT2D eigenvalue weighted by molar-refractivity contribution is -0.131. The van der Waals surface area contributed by atoms with E-state index in [1.807, 2.05) is 0 Å². The van der Waals surface area contributed by atoms with Gasteiger partial charge in [-0.15, -0.1) is 0 Å². The predicted molar refractivity (Wildman–Crippen MR) is 77.4 cm³/mol. The Morgan fingerprint density at radius 3 is 2.48 bits per heavy atom. The second-order valence-corrected chi connectivity index (χ2v) is 5.97. The van der Waals surface area contributed by atoms with Crippen LogP contribution in [0.25, 0.3) is 6.08 Å². The maximum Gasteiger partial charge on any atom is 0.446 e. The van der Waals surface area contributed by atoms with Crippen LogP contribution in [-0.4, -0.2) is 22.4 Å². The maximum atomic E-state index is 12.6. The molecule has 114 valence electrons. The summed E-state index contributed by atoms with van der Waals surface area (Å²) in [6.07, 6.45) is 1.79. The van der Waals surface area contributed by atoms with E-state index < -0.39 is 16.3 Å². The molecule has 1 aromatic rings. The number of rotatable bonds is 5. The fraction of sp³-hybridized carbons (Fsp3) is 0.231. The highest BCUT2D eigenvalue weighted by Crippen LogP contribution is 2.41. The third-order valence-corrected chi connectivity index (χ3v) is 4.29. The fourth-order valence-corrected chi connectivity index (χ4v) is 2.64. The zero-order valence-corrected chi connectivity index (χ0v) is 13.1. The number of hydrogen-bond acceptors (Lipinski definition) is 3. The third kappa shape index (κ3) is 5.55. The number of hydrogen-bond donors (Lipinski definition) is 1. The van der Waals surface area contributed by atoms with E-state index in [9.17, 15) is 22.8 Å². The van der Waals surface area contributed by atoms with Crippen molar-refractivity contribution in [1.29, 1.82) is 0 Å². The van der Waals surface area contributed by atoms with Crippen LogP contribution < -0.4 is 0 Å². The second kappa shape index (κ2) is 7.13. The summed E-state index contributed by atoms with van der Waals surface area (Å²) in [5.41, 5.74) is -4.17. The van der Waals surface area contributed by atoms with Crippen LogP contribution in [0.15, 0.2) is 29.2 Å². The molecule has 0 heterocycles. The van der Waals surface area contributed by atoms with E-state index in [0.717, 1.165) is 12.2 Å². The van der Waals surface area contributed by atoms with Gasteiger partial charge in [-0.3, -0.25) is 4.79 Å². The van der Waals surface area contributed by atoms with Crippen molar-refractivity contribution in [2.24, 2.45) is 0 Å². The molecular weight excluding hydrogens is 373 g/mol. The summed E-state index contributed by atoms with van der Waals surface area (Å²) in [4.78, 5) is 21.0. The number of carboxylic acids is 1. The summed E-state index contributed by atoms with van der Waals surface area (Å²) in [6, 6.07) is 4.09. The van der Waals surface area contributed by atoms with Gasteiger partial charge < -0.3 is 5.11 Å². The molecule has 0 aliphatic heterocycles. The smallest absolute Gasteiger partial charge is 0.446 e. The highest BCUT2D eigenvalue weighted by atomic mass is 79.9. The molecule has 21 heavy (non-hydrogen) atoms. The van der Waals surface area contributed by atoms with E-state index >= 15 is 0 Å². The molecule has 0 radical (unpaired) electrons. The Morgan fingerprint density at radius 2 is 2.00 bits per heavy atom. The Labute approximate surface area is 131 Å². The Balaban J connectivity index is 3.40.